The summed E-state index contributed by atoms with van der Waals surface area (Å²) >= 11 is 0. The fourth-order valence-corrected chi connectivity index (χ4v) is 2.76. The number of aromatic nitrogens is 2. The molecule has 0 bridgehead atoms. The quantitative estimate of drug-likeness (QED) is 0.825. The van der Waals surface area contributed by atoms with Gasteiger partial charge >= 0.3 is 5.69 Å². The number of amides is 1. The number of nitrogens with zero attached hydrogens (tertiary/aromatic N) is 2. The van der Waals surface area contributed by atoms with Crippen molar-refractivity contribution in [3.63, 3.8) is 0 Å². The maximum absolute atomic E-state index is 13.0. The van der Waals surface area contributed by atoms with Crippen LogP contribution in [0.25, 0.3) is 0 Å². The summed E-state index contributed by atoms with van der Waals surface area (Å²) in [6.45, 7) is 8.43. The number of hydrogen-bond donors (Lipinski definition) is 2. The summed E-state index contributed by atoms with van der Waals surface area (Å²) in [5, 5.41) is 0. The summed E-state index contributed by atoms with van der Waals surface area (Å²) in [5.41, 5.74) is 5.43. The minimum absolute atomic E-state index is 0.0115. The first kappa shape index (κ1) is 19.5. The Kier molecular flexibility index (Phi) is 6.02. The van der Waals surface area contributed by atoms with Gasteiger partial charge in [-0.25, -0.2) is 4.79 Å². The SMILES string of the molecule is CC(C)CN(C(=O)c1ccccc1)c1c(N)n(CC(C)C)c(=O)[nH]c1=O. The average Bonchev–Trinajstić information content (AvgIpc) is 2.57. The van der Waals surface area contributed by atoms with Gasteiger partial charge in [0.1, 0.15) is 5.82 Å². The van der Waals surface area contributed by atoms with Crippen LogP contribution in [0.15, 0.2) is 39.9 Å². The maximum Gasteiger partial charge on any atom is 0.330 e. The molecule has 2 aromatic rings. The van der Waals surface area contributed by atoms with Crippen LogP contribution in [-0.4, -0.2) is 22.0 Å². The number of benzene rings is 1. The molecule has 0 aliphatic rings. The number of carbonyl (C=O) groups excluding carboxylic acids is 1. The zero-order chi connectivity index (χ0) is 19.4. The number of H-pyrrole nitrogens is 1. The Balaban J connectivity index is 2.63. The smallest absolute Gasteiger partial charge is 0.330 e. The predicted molar refractivity (Wildman–Crippen MR) is 104 cm³/mol. The van der Waals surface area contributed by atoms with Crippen LogP contribution in [0.1, 0.15) is 38.1 Å². The summed E-state index contributed by atoms with van der Waals surface area (Å²) < 4.78 is 1.31. The van der Waals surface area contributed by atoms with E-state index >= 15 is 0 Å². The molecule has 0 saturated carbocycles. The third kappa shape index (κ3) is 4.22. The van der Waals surface area contributed by atoms with Crippen LogP contribution in [0, 0.1) is 11.8 Å². The first-order chi connectivity index (χ1) is 12.2. The van der Waals surface area contributed by atoms with E-state index in [-0.39, 0.29) is 29.2 Å². The van der Waals surface area contributed by atoms with Crippen LogP contribution in [0.2, 0.25) is 0 Å². The fourth-order valence-electron chi connectivity index (χ4n) is 2.76. The van der Waals surface area contributed by atoms with E-state index < -0.39 is 11.2 Å². The molecule has 1 aromatic carbocycles. The highest BCUT2D eigenvalue weighted by Crippen LogP contribution is 2.21. The van der Waals surface area contributed by atoms with Gasteiger partial charge in [0.2, 0.25) is 0 Å². The highest BCUT2D eigenvalue weighted by Gasteiger charge is 2.26. The van der Waals surface area contributed by atoms with E-state index in [1.54, 1.807) is 24.3 Å². The van der Waals surface area contributed by atoms with Crippen molar-refractivity contribution in [2.24, 2.45) is 11.8 Å². The number of carbonyl (C=O) groups is 1. The number of nitrogens with two attached hydrogens (primary N) is 1. The van der Waals surface area contributed by atoms with Crippen LogP contribution >= 0.6 is 0 Å². The van der Waals surface area contributed by atoms with Crippen molar-refractivity contribution in [1.82, 2.24) is 9.55 Å². The third-order valence-electron chi connectivity index (χ3n) is 3.85. The van der Waals surface area contributed by atoms with Gasteiger partial charge in [0.25, 0.3) is 11.5 Å². The van der Waals surface area contributed by atoms with Crippen molar-refractivity contribution in [3.8, 4) is 0 Å². The van der Waals surface area contributed by atoms with Gasteiger partial charge in [-0.2, -0.15) is 0 Å². The predicted octanol–water partition coefficient (Wildman–Crippen LogP) is 2.08. The van der Waals surface area contributed by atoms with Gasteiger partial charge in [-0.15, -0.1) is 0 Å². The molecule has 0 aliphatic heterocycles. The topological polar surface area (TPSA) is 101 Å². The van der Waals surface area contributed by atoms with Crippen LogP contribution in [-0.2, 0) is 6.54 Å². The molecule has 1 amide bonds. The van der Waals surface area contributed by atoms with E-state index in [0.717, 1.165) is 0 Å². The molecule has 3 N–H and O–H groups in total. The summed E-state index contributed by atoms with van der Waals surface area (Å²) in [7, 11) is 0. The van der Waals surface area contributed by atoms with Crippen molar-refractivity contribution in [2.45, 2.75) is 34.2 Å². The van der Waals surface area contributed by atoms with Gasteiger partial charge < -0.3 is 10.6 Å². The lowest BCUT2D eigenvalue weighted by Crippen LogP contribution is -2.43. The lowest BCUT2D eigenvalue weighted by atomic mass is 10.1. The Morgan fingerprint density at radius 3 is 2.27 bits per heavy atom. The van der Waals surface area contributed by atoms with E-state index in [1.807, 2.05) is 33.8 Å². The van der Waals surface area contributed by atoms with Crippen molar-refractivity contribution in [1.29, 1.82) is 0 Å². The van der Waals surface area contributed by atoms with Gasteiger partial charge in [0.15, 0.2) is 5.69 Å². The van der Waals surface area contributed by atoms with Gasteiger partial charge in [0, 0.05) is 18.7 Å². The Morgan fingerprint density at radius 1 is 1.12 bits per heavy atom. The van der Waals surface area contributed by atoms with Gasteiger partial charge in [-0.3, -0.25) is 19.1 Å². The number of hydrogen-bond acceptors (Lipinski definition) is 4. The number of anilines is 2. The molecule has 0 saturated heterocycles. The minimum atomic E-state index is -0.655. The molecule has 0 aliphatic carbocycles. The molecule has 0 fully saturated rings. The Hall–Kier alpha value is -2.83. The van der Waals surface area contributed by atoms with Gasteiger partial charge in [0.05, 0.1) is 0 Å². The highest BCUT2D eigenvalue weighted by atomic mass is 16.2. The third-order valence-corrected chi connectivity index (χ3v) is 3.85. The monoisotopic (exact) mass is 358 g/mol. The molecule has 7 nitrogen and oxygen atoms in total. The highest BCUT2D eigenvalue weighted by molar-refractivity contribution is 6.07. The largest absolute Gasteiger partial charge is 0.383 e. The Labute approximate surface area is 152 Å². The molecular formula is C19H26N4O3. The fraction of sp³-hybridized carbons (Fsp3) is 0.421. The van der Waals surface area contributed by atoms with E-state index in [1.165, 1.54) is 9.47 Å². The number of rotatable bonds is 6. The van der Waals surface area contributed by atoms with E-state index in [9.17, 15) is 14.4 Å². The second kappa shape index (κ2) is 8.03. The van der Waals surface area contributed by atoms with Gasteiger partial charge in [-0.05, 0) is 24.0 Å². The standard InChI is InChI=1S/C19H26N4O3/c1-12(2)10-22(18(25)14-8-6-5-7-9-14)15-16(20)23(11-13(3)4)19(26)21-17(15)24/h5-9,12-13H,10-11,20H2,1-4H3,(H,21,24,26). The summed E-state index contributed by atoms with van der Waals surface area (Å²) in [4.78, 5) is 41.4. The van der Waals surface area contributed by atoms with Crippen LogP contribution in [0.3, 0.4) is 0 Å². The molecule has 0 spiro atoms. The molecule has 0 unspecified atom stereocenters. The van der Waals surface area contributed by atoms with Crippen LogP contribution < -0.4 is 21.9 Å². The molecule has 1 aromatic heterocycles. The summed E-state index contributed by atoms with van der Waals surface area (Å²) in [6, 6.07) is 8.70. The molecular weight excluding hydrogens is 332 g/mol. The van der Waals surface area contributed by atoms with Crippen LogP contribution in [0.5, 0.6) is 0 Å². The van der Waals surface area contributed by atoms with E-state index in [4.69, 9.17) is 5.73 Å². The number of aromatic amines is 1. The second-order valence-electron chi connectivity index (χ2n) is 7.17. The van der Waals surface area contributed by atoms with E-state index in [0.29, 0.717) is 18.7 Å². The molecule has 0 radical (unpaired) electrons. The van der Waals surface area contributed by atoms with Crippen molar-refractivity contribution >= 4 is 17.4 Å². The minimum Gasteiger partial charge on any atom is -0.383 e. The molecule has 26 heavy (non-hydrogen) atoms. The zero-order valence-electron chi connectivity index (χ0n) is 15.7. The lowest BCUT2D eigenvalue weighted by molar-refractivity contribution is 0.0983. The Bertz CT molecular complexity index is 882. The number of nitrogens with one attached hydrogen (secondary N) is 1. The summed E-state index contributed by atoms with van der Waals surface area (Å²) in [6.07, 6.45) is 0. The first-order valence-electron chi connectivity index (χ1n) is 8.71. The van der Waals surface area contributed by atoms with Crippen molar-refractivity contribution in [3.05, 3.63) is 56.7 Å². The maximum atomic E-state index is 13.0. The zero-order valence-corrected chi connectivity index (χ0v) is 15.7. The average molecular weight is 358 g/mol. The first-order valence-corrected chi connectivity index (χ1v) is 8.71. The second-order valence-corrected chi connectivity index (χ2v) is 7.17. The summed E-state index contributed by atoms with van der Waals surface area (Å²) in [5.74, 6) is -0.0623. The van der Waals surface area contributed by atoms with E-state index in [2.05, 4.69) is 4.98 Å². The molecule has 140 valence electrons. The lowest BCUT2D eigenvalue weighted by Gasteiger charge is -2.26. The normalized spacial score (nSPS) is 11.2. The Morgan fingerprint density at radius 2 is 1.73 bits per heavy atom. The number of nitrogen functional groups attached to an aromatic ring is 1. The van der Waals surface area contributed by atoms with Crippen molar-refractivity contribution < 1.29 is 4.79 Å². The molecule has 2 rings (SSSR count). The molecule has 0 atom stereocenters. The molecule has 1 heterocycles. The van der Waals surface area contributed by atoms with Crippen molar-refractivity contribution in [2.75, 3.05) is 17.2 Å². The molecule has 7 heteroatoms. The van der Waals surface area contributed by atoms with Crippen LogP contribution in [0.4, 0.5) is 11.5 Å². The van der Waals surface area contributed by atoms with Gasteiger partial charge in [-0.1, -0.05) is 45.9 Å².